The van der Waals surface area contributed by atoms with Crippen LogP contribution in [0.15, 0.2) is 24.3 Å². The van der Waals surface area contributed by atoms with E-state index in [2.05, 4.69) is 54.0 Å². The maximum Gasteiger partial charge on any atom is 0.0525 e. The standard InChI is InChI=1S/C14H21BrO/c1-12-5-7-13(8-6-12)14(2,11-16)9-3-4-10-15/h5-8,16H,3-4,9-11H2,1-2H3/t14-/m1/s1. The Balaban J connectivity index is 2.74. The first kappa shape index (κ1) is 13.7. The summed E-state index contributed by atoms with van der Waals surface area (Å²) >= 11 is 3.44. The Morgan fingerprint density at radius 1 is 1.19 bits per heavy atom. The molecule has 1 N–H and O–H groups in total. The van der Waals surface area contributed by atoms with Crippen molar-refractivity contribution in [2.45, 2.75) is 38.5 Å². The van der Waals surface area contributed by atoms with E-state index in [0.29, 0.717) is 0 Å². The highest BCUT2D eigenvalue weighted by Crippen LogP contribution is 2.29. The van der Waals surface area contributed by atoms with Gasteiger partial charge < -0.3 is 5.11 Å². The molecule has 0 amide bonds. The van der Waals surface area contributed by atoms with Gasteiger partial charge in [0.05, 0.1) is 6.61 Å². The highest BCUT2D eigenvalue weighted by molar-refractivity contribution is 9.09. The van der Waals surface area contributed by atoms with Crippen LogP contribution in [0.1, 0.15) is 37.3 Å². The Kier molecular flexibility index (Phi) is 5.50. The van der Waals surface area contributed by atoms with Gasteiger partial charge in [0, 0.05) is 10.7 Å². The van der Waals surface area contributed by atoms with Gasteiger partial charge in [0.15, 0.2) is 0 Å². The van der Waals surface area contributed by atoms with Crippen LogP contribution in [0.5, 0.6) is 0 Å². The molecule has 16 heavy (non-hydrogen) atoms. The monoisotopic (exact) mass is 284 g/mol. The number of aliphatic hydroxyl groups is 1. The van der Waals surface area contributed by atoms with Gasteiger partial charge in [-0.1, -0.05) is 59.1 Å². The summed E-state index contributed by atoms with van der Waals surface area (Å²) in [5.41, 5.74) is 2.43. The minimum absolute atomic E-state index is 0.0874. The summed E-state index contributed by atoms with van der Waals surface area (Å²) < 4.78 is 0. The van der Waals surface area contributed by atoms with E-state index >= 15 is 0 Å². The molecule has 0 fully saturated rings. The Labute approximate surface area is 107 Å². The molecule has 1 atom stereocenters. The number of halogens is 1. The van der Waals surface area contributed by atoms with Gasteiger partial charge in [-0.05, 0) is 25.3 Å². The molecule has 0 radical (unpaired) electrons. The van der Waals surface area contributed by atoms with E-state index in [0.717, 1.165) is 18.2 Å². The topological polar surface area (TPSA) is 20.2 Å². The molecule has 2 heteroatoms. The molecule has 0 saturated carbocycles. The number of unbranched alkanes of at least 4 members (excludes halogenated alkanes) is 1. The largest absolute Gasteiger partial charge is 0.395 e. The normalized spacial score (nSPS) is 14.8. The number of hydrogen-bond acceptors (Lipinski definition) is 1. The smallest absolute Gasteiger partial charge is 0.0525 e. The van der Waals surface area contributed by atoms with E-state index in [-0.39, 0.29) is 12.0 Å². The fraction of sp³-hybridized carbons (Fsp3) is 0.571. The molecule has 1 rings (SSSR count). The molecule has 1 aromatic carbocycles. The van der Waals surface area contributed by atoms with E-state index in [1.165, 1.54) is 17.5 Å². The Hall–Kier alpha value is -0.340. The van der Waals surface area contributed by atoms with E-state index in [4.69, 9.17) is 0 Å². The number of hydrogen-bond donors (Lipinski definition) is 1. The van der Waals surface area contributed by atoms with Gasteiger partial charge in [0.1, 0.15) is 0 Å². The molecular weight excluding hydrogens is 264 g/mol. The fourth-order valence-corrected chi connectivity index (χ4v) is 2.28. The average molecular weight is 285 g/mol. The van der Waals surface area contributed by atoms with Gasteiger partial charge in [-0.25, -0.2) is 0 Å². The third-order valence-electron chi connectivity index (χ3n) is 3.21. The lowest BCUT2D eigenvalue weighted by Gasteiger charge is -2.28. The summed E-state index contributed by atoms with van der Waals surface area (Å²) in [7, 11) is 0. The van der Waals surface area contributed by atoms with E-state index in [1.807, 2.05) is 0 Å². The predicted octanol–water partition coefficient (Wildman–Crippen LogP) is 3.81. The van der Waals surface area contributed by atoms with E-state index in [9.17, 15) is 5.11 Å². The minimum Gasteiger partial charge on any atom is -0.395 e. The predicted molar refractivity (Wildman–Crippen MR) is 73.3 cm³/mol. The van der Waals surface area contributed by atoms with Gasteiger partial charge in [-0.15, -0.1) is 0 Å². The van der Waals surface area contributed by atoms with Crippen LogP contribution in [0.2, 0.25) is 0 Å². The second-order valence-electron chi connectivity index (χ2n) is 4.73. The first-order valence-electron chi connectivity index (χ1n) is 5.86. The van der Waals surface area contributed by atoms with Crippen LogP contribution in [0.3, 0.4) is 0 Å². The van der Waals surface area contributed by atoms with Crippen molar-refractivity contribution in [1.29, 1.82) is 0 Å². The summed E-state index contributed by atoms with van der Waals surface area (Å²) in [5, 5.41) is 10.6. The number of benzene rings is 1. The van der Waals surface area contributed by atoms with Crippen molar-refractivity contribution in [2.75, 3.05) is 11.9 Å². The van der Waals surface area contributed by atoms with E-state index in [1.54, 1.807) is 0 Å². The van der Waals surface area contributed by atoms with Crippen molar-refractivity contribution in [2.24, 2.45) is 0 Å². The van der Waals surface area contributed by atoms with Crippen molar-refractivity contribution in [1.82, 2.24) is 0 Å². The molecule has 1 aromatic rings. The third kappa shape index (κ3) is 3.60. The molecule has 90 valence electrons. The van der Waals surface area contributed by atoms with Gasteiger partial charge in [-0.3, -0.25) is 0 Å². The van der Waals surface area contributed by atoms with Crippen LogP contribution >= 0.6 is 15.9 Å². The van der Waals surface area contributed by atoms with Gasteiger partial charge in [0.2, 0.25) is 0 Å². The quantitative estimate of drug-likeness (QED) is 0.622. The summed E-state index contributed by atoms with van der Waals surface area (Å²) in [5.74, 6) is 0. The summed E-state index contributed by atoms with van der Waals surface area (Å²) in [6.07, 6.45) is 3.36. The SMILES string of the molecule is Cc1ccc([C@@](C)(CO)CCCCBr)cc1. The lowest BCUT2D eigenvalue weighted by atomic mass is 9.79. The van der Waals surface area contributed by atoms with Crippen LogP contribution in [-0.4, -0.2) is 17.0 Å². The first-order chi connectivity index (χ1) is 7.62. The van der Waals surface area contributed by atoms with Crippen LogP contribution in [0, 0.1) is 6.92 Å². The molecule has 0 aliphatic carbocycles. The Morgan fingerprint density at radius 2 is 1.81 bits per heavy atom. The molecule has 0 spiro atoms. The van der Waals surface area contributed by atoms with Crippen LogP contribution in [0.25, 0.3) is 0 Å². The second kappa shape index (κ2) is 6.41. The van der Waals surface area contributed by atoms with Gasteiger partial charge >= 0.3 is 0 Å². The molecule has 0 aromatic heterocycles. The van der Waals surface area contributed by atoms with Crippen LogP contribution in [0.4, 0.5) is 0 Å². The van der Waals surface area contributed by atoms with Crippen molar-refractivity contribution < 1.29 is 5.11 Å². The van der Waals surface area contributed by atoms with Crippen LogP contribution < -0.4 is 0 Å². The maximum absolute atomic E-state index is 9.60. The number of aliphatic hydroxyl groups excluding tert-OH is 1. The summed E-state index contributed by atoms with van der Waals surface area (Å²) in [6, 6.07) is 8.51. The fourth-order valence-electron chi connectivity index (χ4n) is 1.88. The van der Waals surface area contributed by atoms with E-state index < -0.39 is 0 Å². The molecule has 0 saturated heterocycles. The average Bonchev–Trinajstić information content (AvgIpc) is 2.30. The van der Waals surface area contributed by atoms with Crippen molar-refractivity contribution >= 4 is 15.9 Å². The Bertz CT molecular complexity index is 307. The number of alkyl halides is 1. The molecule has 0 heterocycles. The zero-order valence-corrected chi connectivity index (χ0v) is 11.8. The molecule has 0 aliphatic heterocycles. The zero-order valence-electron chi connectivity index (χ0n) is 10.2. The van der Waals surface area contributed by atoms with Crippen molar-refractivity contribution in [3.63, 3.8) is 0 Å². The molecule has 0 unspecified atom stereocenters. The van der Waals surface area contributed by atoms with Crippen molar-refractivity contribution in [3.8, 4) is 0 Å². The molecule has 0 aliphatic rings. The first-order valence-corrected chi connectivity index (χ1v) is 6.98. The highest BCUT2D eigenvalue weighted by Gasteiger charge is 2.24. The summed E-state index contributed by atoms with van der Waals surface area (Å²) in [4.78, 5) is 0. The zero-order chi connectivity index (χ0) is 12.0. The van der Waals surface area contributed by atoms with Crippen LogP contribution in [-0.2, 0) is 5.41 Å². The molecule has 1 nitrogen and oxygen atoms in total. The Morgan fingerprint density at radius 3 is 2.31 bits per heavy atom. The van der Waals surface area contributed by atoms with Crippen molar-refractivity contribution in [3.05, 3.63) is 35.4 Å². The molecule has 0 bridgehead atoms. The highest BCUT2D eigenvalue weighted by atomic mass is 79.9. The maximum atomic E-state index is 9.60. The lowest BCUT2D eigenvalue weighted by Crippen LogP contribution is -2.26. The summed E-state index contributed by atoms with van der Waals surface area (Å²) in [6.45, 7) is 4.45. The third-order valence-corrected chi connectivity index (χ3v) is 3.77. The lowest BCUT2D eigenvalue weighted by molar-refractivity contribution is 0.194. The van der Waals surface area contributed by atoms with Gasteiger partial charge in [-0.2, -0.15) is 0 Å². The number of aryl methyl sites for hydroxylation is 1. The number of rotatable bonds is 6. The van der Waals surface area contributed by atoms with Gasteiger partial charge in [0.25, 0.3) is 0 Å². The molecular formula is C14H21BrO. The second-order valence-corrected chi connectivity index (χ2v) is 5.52. The minimum atomic E-state index is -0.0874.